The number of nitrogens with one attached hydrogen (secondary N) is 1. The number of Topliss-reactive ketones (excluding diaryl/α,β-unsaturated/α-hetero) is 1. The van der Waals surface area contributed by atoms with E-state index in [1.165, 1.54) is 29.5 Å². The number of ketones is 2. The Hall–Kier alpha value is -2.24. The molecule has 1 atom stereocenters. The Morgan fingerprint density at radius 3 is 2.82 bits per heavy atom. The minimum Gasteiger partial charge on any atom is -0.324 e. The highest BCUT2D eigenvalue weighted by Gasteiger charge is 2.38. The number of allylic oxidation sites excluding steroid dienone is 1. The molecule has 3 rings (SSSR count). The number of amides is 1. The molecule has 0 aliphatic carbocycles. The number of hydrogen-bond donors (Lipinski definition) is 1. The van der Waals surface area contributed by atoms with Crippen molar-refractivity contribution >= 4 is 52.2 Å². The van der Waals surface area contributed by atoms with Crippen LogP contribution in [0.25, 0.3) is 6.08 Å². The molecule has 1 unspecified atom stereocenters. The summed E-state index contributed by atoms with van der Waals surface area (Å²) in [4.78, 5) is 36.6. The van der Waals surface area contributed by atoms with E-state index < -0.39 is 23.4 Å². The van der Waals surface area contributed by atoms with E-state index in [-0.39, 0.29) is 0 Å². The van der Waals surface area contributed by atoms with Gasteiger partial charge in [0.15, 0.2) is 17.5 Å². The van der Waals surface area contributed by atoms with Gasteiger partial charge in [-0.1, -0.05) is 17.7 Å². The van der Waals surface area contributed by atoms with Crippen molar-refractivity contribution in [2.45, 2.75) is 0 Å². The maximum atomic E-state index is 12.4. The molecule has 1 aromatic carbocycles. The summed E-state index contributed by atoms with van der Waals surface area (Å²) < 4.78 is 0. The molecular formula is C16H10ClNO3S. The Labute approximate surface area is 135 Å². The normalized spacial score (nSPS) is 17.4. The van der Waals surface area contributed by atoms with Crippen molar-refractivity contribution < 1.29 is 14.4 Å². The smallest absolute Gasteiger partial charge is 0.243 e. The number of rotatable bonds is 3. The molecule has 0 saturated heterocycles. The molecule has 1 N–H and O–H groups in total. The summed E-state index contributed by atoms with van der Waals surface area (Å²) in [5, 5.41) is 6.71. The Balaban J connectivity index is 1.88. The Bertz CT molecular complexity index is 796. The number of hydrogen-bond acceptors (Lipinski definition) is 4. The third-order valence-electron chi connectivity index (χ3n) is 3.30. The minimum atomic E-state index is -1.34. The van der Waals surface area contributed by atoms with Crippen LogP contribution in [0.15, 0.2) is 41.1 Å². The fourth-order valence-electron chi connectivity index (χ4n) is 2.22. The molecule has 0 spiro atoms. The highest BCUT2D eigenvalue weighted by molar-refractivity contribution is 7.08. The van der Waals surface area contributed by atoms with Crippen LogP contribution in [-0.4, -0.2) is 17.5 Å². The molecule has 0 radical (unpaired) electrons. The molecule has 6 heteroatoms. The highest BCUT2D eigenvalue weighted by atomic mass is 35.5. The Morgan fingerprint density at radius 2 is 2.09 bits per heavy atom. The van der Waals surface area contributed by atoms with Gasteiger partial charge in [0.05, 0.1) is 5.69 Å². The monoisotopic (exact) mass is 331 g/mol. The molecule has 0 fully saturated rings. The van der Waals surface area contributed by atoms with E-state index in [9.17, 15) is 14.4 Å². The highest BCUT2D eigenvalue weighted by Crippen LogP contribution is 2.29. The first-order chi connectivity index (χ1) is 10.6. The van der Waals surface area contributed by atoms with Crippen molar-refractivity contribution in [2.24, 2.45) is 5.92 Å². The third-order valence-corrected chi connectivity index (χ3v) is 4.23. The number of halogens is 1. The maximum Gasteiger partial charge on any atom is 0.243 e. The van der Waals surface area contributed by atoms with Crippen molar-refractivity contribution in [1.82, 2.24) is 0 Å². The largest absolute Gasteiger partial charge is 0.324 e. The second-order valence-corrected chi connectivity index (χ2v) is 5.99. The zero-order valence-corrected chi connectivity index (χ0v) is 12.8. The summed E-state index contributed by atoms with van der Waals surface area (Å²) in [6, 6.07) is 6.41. The molecular weight excluding hydrogens is 322 g/mol. The van der Waals surface area contributed by atoms with Gasteiger partial charge in [-0.3, -0.25) is 14.4 Å². The van der Waals surface area contributed by atoms with E-state index in [1.54, 1.807) is 12.1 Å². The molecule has 2 heterocycles. The lowest BCUT2D eigenvalue weighted by atomic mass is 9.88. The minimum absolute atomic E-state index is 0.297. The molecule has 1 aliphatic rings. The van der Waals surface area contributed by atoms with Gasteiger partial charge in [0.2, 0.25) is 5.91 Å². The quantitative estimate of drug-likeness (QED) is 0.692. The first-order valence-electron chi connectivity index (χ1n) is 6.45. The van der Waals surface area contributed by atoms with E-state index in [0.717, 1.165) is 5.56 Å². The van der Waals surface area contributed by atoms with E-state index >= 15 is 0 Å². The molecule has 22 heavy (non-hydrogen) atoms. The van der Waals surface area contributed by atoms with E-state index in [1.807, 2.05) is 16.8 Å². The fraction of sp³-hybridized carbons (Fsp3) is 0.0625. The van der Waals surface area contributed by atoms with Crippen LogP contribution < -0.4 is 5.32 Å². The lowest BCUT2D eigenvalue weighted by Gasteiger charge is -2.21. The number of carbonyl (C=O) groups is 3. The zero-order chi connectivity index (χ0) is 15.7. The summed E-state index contributed by atoms with van der Waals surface area (Å²) in [6.07, 6.45) is 2.86. The second-order valence-electron chi connectivity index (χ2n) is 4.77. The van der Waals surface area contributed by atoms with Crippen LogP contribution in [-0.2, 0) is 9.59 Å². The number of benzene rings is 1. The second kappa shape index (κ2) is 5.87. The van der Waals surface area contributed by atoms with Gasteiger partial charge in [-0.15, -0.1) is 0 Å². The van der Waals surface area contributed by atoms with Crippen molar-refractivity contribution in [3.63, 3.8) is 0 Å². The van der Waals surface area contributed by atoms with Crippen LogP contribution in [0.4, 0.5) is 5.69 Å². The van der Waals surface area contributed by atoms with Crippen LogP contribution in [0.5, 0.6) is 0 Å². The summed E-state index contributed by atoms with van der Waals surface area (Å²) in [5.41, 5.74) is 1.49. The fourth-order valence-corrected chi connectivity index (χ4v) is 3.02. The Kier molecular flexibility index (Phi) is 3.92. The molecule has 2 aromatic rings. The van der Waals surface area contributed by atoms with Crippen molar-refractivity contribution in [3.8, 4) is 0 Å². The molecule has 0 saturated carbocycles. The van der Waals surface area contributed by atoms with Gasteiger partial charge in [-0.05, 0) is 46.7 Å². The van der Waals surface area contributed by atoms with E-state index in [4.69, 9.17) is 11.6 Å². The predicted molar refractivity (Wildman–Crippen MR) is 86.3 cm³/mol. The standard InChI is InChI=1S/C16H10ClNO3S/c17-10-2-3-11-12(7-10)18-16(21)14(15(11)20)13(19)4-1-9-5-6-22-8-9/h1-8,14H,(H,18,21). The first kappa shape index (κ1) is 14.7. The first-order valence-corrected chi connectivity index (χ1v) is 7.77. The maximum absolute atomic E-state index is 12.4. The van der Waals surface area contributed by atoms with Gasteiger partial charge in [0.1, 0.15) is 0 Å². The van der Waals surface area contributed by atoms with E-state index in [2.05, 4.69) is 5.32 Å². The van der Waals surface area contributed by atoms with Crippen LogP contribution in [0.2, 0.25) is 5.02 Å². The average molecular weight is 332 g/mol. The van der Waals surface area contributed by atoms with Crippen LogP contribution in [0.1, 0.15) is 15.9 Å². The van der Waals surface area contributed by atoms with Gasteiger partial charge in [-0.25, -0.2) is 0 Å². The summed E-state index contributed by atoms with van der Waals surface area (Å²) in [6.45, 7) is 0. The van der Waals surface area contributed by atoms with Crippen LogP contribution in [0.3, 0.4) is 0 Å². The van der Waals surface area contributed by atoms with E-state index in [0.29, 0.717) is 16.3 Å². The van der Waals surface area contributed by atoms with Crippen molar-refractivity contribution in [1.29, 1.82) is 0 Å². The number of fused-ring (bicyclic) bond motifs is 1. The average Bonchev–Trinajstić information content (AvgIpc) is 2.98. The third kappa shape index (κ3) is 2.73. The van der Waals surface area contributed by atoms with Crippen LogP contribution in [0, 0.1) is 5.92 Å². The number of carbonyl (C=O) groups excluding carboxylic acids is 3. The van der Waals surface area contributed by atoms with Crippen molar-refractivity contribution in [3.05, 3.63) is 57.3 Å². The SMILES string of the molecule is O=C(C=Cc1ccsc1)C1C(=O)Nc2cc(Cl)ccc2C1=O. The van der Waals surface area contributed by atoms with Gasteiger partial charge in [0, 0.05) is 10.6 Å². The van der Waals surface area contributed by atoms with Gasteiger partial charge in [0.25, 0.3) is 0 Å². The molecule has 0 bridgehead atoms. The van der Waals surface area contributed by atoms with Crippen LogP contribution >= 0.6 is 22.9 Å². The molecule has 4 nitrogen and oxygen atoms in total. The van der Waals surface area contributed by atoms with Gasteiger partial charge >= 0.3 is 0 Å². The molecule has 1 amide bonds. The molecule has 110 valence electrons. The van der Waals surface area contributed by atoms with Gasteiger partial charge < -0.3 is 5.32 Å². The topological polar surface area (TPSA) is 63.2 Å². The summed E-state index contributed by atoms with van der Waals surface area (Å²) >= 11 is 7.34. The predicted octanol–water partition coefficient (Wildman–Crippen LogP) is 3.44. The summed E-state index contributed by atoms with van der Waals surface area (Å²) in [7, 11) is 0. The molecule has 1 aliphatic heterocycles. The number of thiophene rings is 1. The van der Waals surface area contributed by atoms with Gasteiger partial charge in [-0.2, -0.15) is 11.3 Å². The lowest BCUT2D eigenvalue weighted by Crippen LogP contribution is -2.39. The molecule has 1 aromatic heterocycles. The zero-order valence-electron chi connectivity index (χ0n) is 11.2. The summed E-state index contributed by atoms with van der Waals surface area (Å²) in [5.74, 6) is -3.01. The Morgan fingerprint density at radius 1 is 1.27 bits per heavy atom. The van der Waals surface area contributed by atoms with Crippen molar-refractivity contribution in [2.75, 3.05) is 5.32 Å². The number of anilines is 1. The lowest BCUT2D eigenvalue weighted by molar-refractivity contribution is -0.126.